The first-order chi connectivity index (χ1) is 13.3. The number of anilines is 1. The largest absolute Gasteiger partial charge is 0.353 e. The molecule has 0 spiro atoms. The van der Waals surface area contributed by atoms with Crippen molar-refractivity contribution in [3.63, 3.8) is 0 Å². The predicted octanol–water partition coefficient (Wildman–Crippen LogP) is 3.15. The molecule has 146 valence electrons. The lowest BCUT2D eigenvalue weighted by Gasteiger charge is -2.37. The Bertz CT molecular complexity index is 917. The van der Waals surface area contributed by atoms with E-state index >= 15 is 0 Å². The second kappa shape index (κ2) is 9.68. The number of aliphatic imine (C=N–C) groups is 1. The van der Waals surface area contributed by atoms with Gasteiger partial charge in [0.15, 0.2) is 5.96 Å². The predicted molar refractivity (Wildman–Crippen MR) is 125 cm³/mol. The van der Waals surface area contributed by atoms with E-state index < -0.39 is 0 Å². The zero-order valence-electron chi connectivity index (χ0n) is 16.0. The number of pyridine rings is 2. The number of halogens is 1. The Hall–Kier alpha value is -2.42. The van der Waals surface area contributed by atoms with Gasteiger partial charge in [-0.15, -0.1) is 24.0 Å². The van der Waals surface area contributed by atoms with Crippen LogP contribution in [0.4, 0.5) is 5.82 Å². The Kier molecular flexibility index (Phi) is 7.02. The Balaban J connectivity index is 0.00000225. The van der Waals surface area contributed by atoms with Crippen molar-refractivity contribution >= 4 is 46.5 Å². The van der Waals surface area contributed by atoms with Crippen molar-refractivity contribution < 1.29 is 0 Å². The van der Waals surface area contributed by atoms with Crippen LogP contribution < -0.4 is 10.2 Å². The number of nitrogens with one attached hydrogen (secondary N) is 1. The molecular formula is C21H25IN6. The minimum atomic E-state index is 0. The van der Waals surface area contributed by atoms with E-state index in [9.17, 15) is 0 Å². The third kappa shape index (κ3) is 4.52. The van der Waals surface area contributed by atoms with Crippen LogP contribution in [0.15, 0.2) is 65.9 Å². The van der Waals surface area contributed by atoms with Gasteiger partial charge in [-0.25, -0.2) is 4.98 Å². The maximum atomic E-state index is 4.56. The molecular weight excluding hydrogens is 463 g/mol. The molecule has 1 aliphatic rings. The number of aromatic nitrogens is 2. The molecule has 1 fully saturated rings. The summed E-state index contributed by atoms with van der Waals surface area (Å²) in [6.07, 6.45) is 3.72. The molecule has 0 saturated carbocycles. The van der Waals surface area contributed by atoms with E-state index in [0.717, 1.165) is 43.7 Å². The fraction of sp³-hybridized carbons (Fsp3) is 0.286. The van der Waals surface area contributed by atoms with Crippen molar-refractivity contribution in [2.75, 3.05) is 38.1 Å². The van der Waals surface area contributed by atoms with E-state index in [2.05, 4.69) is 60.4 Å². The Morgan fingerprint density at radius 2 is 1.75 bits per heavy atom. The zero-order valence-corrected chi connectivity index (χ0v) is 18.3. The molecule has 2 aromatic heterocycles. The van der Waals surface area contributed by atoms with Crippen molar-refractivity contribution in [2.45, 2.75) is 6.54 Å². The van der Waals surface area contributed by atoms with Crippen LogP contribution in [0.3, 0.4) is 0 Å². The van der Waals surface area contributed by atoms with E-state index in [0.29, 0.717) is 6.54 Å². The van der Waals surface area contributed by atoms with Gasteiger partial charge in [-0.3, -0.25) is 9.98 Å². The number of benzene rings is 1. The maximum Gasteiger partial charge on any atom is 0.194 e. The first-order valence-electron chi connectivity index (χ1n) is 9.29. The molecule has 0 radical (unpaired) electrons. The Labute approximate surface area is 182 Å². The number of hydrogen-bond acceptors (Lipinski definition) is 4. The lowest BCUT2D eigenvalue weighted by molar-refractivity contribution is 0.371. The second-order valence-corrected chi connectivity index (χ2v) is 6.54. The Morgan fingerprint density at radius 3 is 2.50 bits per heavy atom. The topological polar surface area (TPSA) is 56.7 Å². The fourth-order valence-corrected chi connectivity index (χ4v) is 3.51. The smallest absolute Gasteiger partial charge is 0.194 e. The molecule has 0 atom stereocenters. The first kappa shape index (κ1) is 20.3. The van der Waals surface area contributed by atoms with Crippen LogP contribution in [-0.4, -0.2) is 54.1 Å². The van der Waals surface area contributed by atoms with Gasteiger partial charge in [-0.05, 0) is 23.6 Å². The number of piperazine rings is 1. The highest BCUT2D eigenvalue weighted by molar-refractivity contribution is 14.0. The molecule has 28 heavy (non-hydrogen) atoms. The van der Waals surface area contributed by atoms with E-state index in [1.807, 2.05) is 37.6 Å². The third-order valence-electron chi connectivity index (χ3n) is 4.93. The molecule has 7 heteroatoms. The van der Waals surface area contributed by atoms with Crippen LogP contribution >= 0.6 is 24.0 Å². The van der Waals surface area contributed by atoms with Gasteiger partial charge in [-0.1, -0.05) is 30.3 Å². The van der Waals surface area contributed by atoms with Gasteiger partial charge in [0.1, 0.15) is 5.82 Å². The van der Waals surface area contributed by atoms with Crippen LogP contribution in [0.1, 0.15) is 5.69 Å². The zero-order chi connectivity index (χ0) is 18.5. The van der Waals surface area contributed by atoms with Crippen LogP contribution in [0.25, 0.3) is 10.8 Å². The molecule has 3 heterocycles. The standard InChI is InChI=1S/C21H24N6.HI/c1-22-21(25-16-19-18-7-3-2-6-17(18)9-11-23-19)27-14-12-26(13-15-27)20-8-4-5-10-24-20;/h2-11H,12-16H2,1H3,(H,22,25);1H. The monoisotopic (exact) mass is 488 g/mol. The Morgan fingerprint density at radius 1 is 0.964 bits per heavy atom. The molecule has 6 nitrogen and oxygen atoms in total. The van der Waals surface area contributed by atoms with Crippen LogP contribution in [0.2, 0.25) is 0 Å². The van der Waals surface area contributed by atoms with E-state index in [4.69, 9.17) is 0 Å². The summed E-state index contributed by atoms with van der Waals surface area (Å²) in [7, 11) is 1.84. The van der Waals surface area contributed by atoms with Crippen molar-refractivity contribution in [1.29, 1.82) is 0 Å². The van der Waals surface area contributed by atoms with Gasteiger partial charge < -0.3 is 15.1 Å². The van der Waals surface area contributed by atoms with E-state index in [1.165, 1.54) is 10.8 Å². The molecule has 4 rings (SSSR count). The van der Waals surface area contributed by atoms with Crippen LogP contribution in [0, 0.1) is 0 Å². The number of hydrogen-bond donors (Lipinski definition) is 1. The highest BCUT2D eigenvalue weighted by Gasteiger charge is 2.20. The van der Waals surface area contributed by atoms with Crippen molar-refractivity contribution in [1.82, 2.24) is 20.2 Å². The number of rotatable bonds is 3. The fourth-order valence-electron chi connectivity index (χ4n) is 3.51. The van der Waals surface area contributed by atoms with E-state index in [-0.39, 0.29) is 24.0 Å². The summed E-state index contributed by atoms with van der Waals surface area (Å²) < 4.78 is 0. The van der Waals surface area contributed by atoms with Crippen LogP contribution in [-0.2, 0) is 6.54 Å². The van der Waals surface area contributed by atoms with Gasteiger partial charge in [0.05, 0.1) is 12.2 Å². The second-order valence-electron chi connectivity index (χ2n) is 6.54. The molecule has 1 saturated heterocycles. The molecule has 1 N–H and O–H groups in total. The molecule has 3 aromatic rings. The molecule has 0 aliphatic carbocycles. The summed E-state index contributed by atoms with van der Waals surface area (Å²) in [6, 6.07) is 16.4. The van der Waals surface area contributed by atoms with Crippen LogP contribution in [0.5, 0.6) is 0 Å². The molecule has 0 amide bonds. The van der Waals surface area contributed by atoms with Gasteiger partial charge in [0.2, 0.25) is 0 Å². The average Bonchev–Trinajstić information content (AvgIpc) is 2.75. The number of nitrogens with zero attached hydrogens (tertiary/aromatic N) is 5. The minimum Gasteiger partial charge on any atom is -0.353 e. The summed E-state index contributed by atoms with van der Waals surface area (Å²) in [5.41, 5.74) is 1.04. The van der Waals surface area contributed by atoms with Gasteiger partial charge >= 0.3 is 0 Å². The highest BCUT2D eigenvalue weighted by Crippen LogP contribution is 2.16. The summed E-state index contributed by atoms with van der Waals surface area (Å²) >= 11 is 0. The van der Waals surface area contributed by atoms with Gasteiger partial charge in [0.25, 0.3) is 0 Å². The third-order valence-corrected chi connectivity index (χ3v) is 4.93. The van der Waals surface area contributed by atoms with Gasteiger partial charge in [-0.2, -0.15) is 0 Å². The molecule has 1 aliphatic heterocycles. The maximum absolute atomic E-state index is 4.56. The SMILES string of the molecule is CN=C(NCc1nccc2ccccc12)N1CCN(c2ccccn2)CC1.I. The lowest BCUT2D eigenvalue weighted by atomic mass is 10.1. The summed E-state index contributed by atoms with van der Waals surface area (Å²) in [5, 5.41) is 5.88. The minimum absolute atomic E-state index is 0. The molecule has 0 unspecified atom stereocenters. The summed E-state index contributed by atoms with van der Waals surface area (Å²) in [4.78, 5) is 18.1. The van der Waals surface area contributed by atoms with Crippen molar-refractivity contribution in [3.05, 3.63) is 66.6 Å². The number of fused-ring (bicyclic) bond motifs is 1. The molecule has 0 bridgehead atoms. The van der Waals surface area contributed by atoms with E-state index in [1.54, 1.807) is 0 Å². The first-order valence-corrected chi connectivity index (χ1v) is 9.29. The highest BCUT2D eigenvalue weighted by atomic mass is 127. The van der Waals surface area contributed by atoms with Crippen molar-refractivity contribution in [3.8, 4) is 0 Å². The quantitative estimate of drug-likeness (QED) is 0.349. The normalized spacial score (nSPS) is 14.7. The number of guanidine groups is 1. The average molecular weight is 488 g/mol. The summed E-state index contributed by atoms with van der Waals surface area (Å²) in [5.74, 6) is 1.96. The van der Waals surface area contributed by atoms with Crippen molar-refractivity contribution in [2.24, 2.45) is 4.99 Å². The summed E-state index contributed by atoms with van der Waals surface area (Å²) in [6.45, 7) is 4.36. The molecule has 1 aromatic carbocycles. The lowest BCUT2D eigenvalue weighted by Crippen LogP contribution is -2.52. The van der Waals surface area contributed by atoms with Gasteiger partial charge in [0, 0.05) is 51.0 Å².